The Hall–Kier alpha value is -14.2. The number of hydrogen-bond donors (Lipinski definition) is 9. The van der Waals surface area contributed by atoms with Gasteiger partial charge in [-0.15, -0.1) is 79.4 Å². The van der Waals surface area contributed by atoms with E-state index in [1.807, 2.05) is 92.1 Å². The number of methoxy groups -OCH3 is 1. The molecule has 0 atom stereocenters. The van der Waals surface area contributed by atoms with Gasteiger partial charge in [-0.1, -0.05) is 36.4 Å². The first kappa shape index (κ1) is 96.7. The molecule has 10 heterocycles. The first-order valence-corrected chi connectivity index (χ1v) is 44.0. The molecule has 0 aliphatic carbocycles. The van der Waals surface area contributed by atoms with Crippen molar-refractivity contribution in [3.8, 4) is 6.07 Å². The Morgan fingerprint density at radius 1 is 0.480 bits per heavy atom. The van der Waals surface area contributed by atoms with Crippen LogP contribution < -0.4 is 47.9 Å². The van der Waals surface area contributed by atoms with Crippen LogP contribution in [-0.2, 0) is 46.2 Å². The number of carbonyl (C=O) groups is 14. The number of amides is 13. The molecule has 0 bridgehead atoms. The van der Waals surface area contributed by atoms with Crippen molar-refractivity contribution in [1.82, 2.24) is 45.5 Å². The van der Waals surface area contributed by atoms with Crippen molar-refractivity contribution in [2.75, 3.05) is 94.0 Å². The molecule has 0 saturated carbocycles. The Kier molecular flexibility index (Phi) is 37.1. The number of imidazole rings is 1. The molecule has 13 amide bonds. The van der Waals surface area contributed by atoms with Crippen LogP contribution >= 0.6 is 79.4 Å². The van der Waals surface area contributed by atoms with Gasteiger partial charge in [0.2, 0.25) is 0 Å². The fourth-order valence-electron chi connectivity index (χ4n) is 10.6. The molecule has 0 spiro atoms. The maximum atomic E-state index is 12.6. The maximum Gasteiger partial charge on any atom is 0.414 e. The summed E-state index contributed by atoms with van der Waals surface area (Å²) in [6, 6.07) is 40.2. The summed E-state index contributed by atoms with van der Waals surface area (Å²) in [5.74, 6) is -4.18. The Morgan fingerprint density at radius 2 is 0.984 bits per heavy atom. The second-order valence-corrected chi connectivity index (χ2v) is 32.6. The second kappa shape index (κ2) is 48.8. The SMILES string of the molecule is CC(=O)Cc1cc(C(=O)Nc2sccc2C(=O)N(C)C)ccn1.CCOC(=O)NC(=O)c1ccsc1NC(=O)c1cn2cc(C)ccc2n1.CCOC(=O)NC(=O)c1ccsc1NCc1nc2ccccc2s1.CCOCCOCCOC(=O)NC(=O)c1ccsc1NC(=O)c1cc2ccccc2s1.COC(=O)NC(=O)c1ccsc1NC(=O)c1ccc(C#N)cc1. The molecule has 42 heteroatoms. The quantitative estimate of drug-likeness (QED) is 0.0170. The van der Waals surface area contributed by atoms with Crippen molar-refractivity contribution >= 4 is 214 Å². The third kappa shape index (κ3) is 29.2. The number of ketones is 1. The highest BCUT2D eigenvalue weighted by Gasteiger charge is 2.25. The van der Waals surface area contributed by atoms with Crippen molar-refractivity contribution in [2.45, 2.75) is 47.6 Å². The minimum absolute atomic E-state index is 0.00437. The topological polar surface area (TPSA) is 473 Å². The number of nitrogens with zero attached hydrogens (tertiary/aromatic N) is 6. The summed E-state index contributed by atoms with van der Waals surface area (Å²) in [7, 11) is 4.45. The number of para-hydroxylation sites is 1. The number of Topliss-reactive ketones (excluding diaryl/α,β-unsaturated/α-hetero) is 1. The summed E-state index contributed by atoms with van der Waals surface area (Å²) in [4.78, 5) is 182. The zero-order valence-corrected chi connectivity index (χ0v) is 74.6. The molecule has 9 N–H and O–H groups in total. The van der Waals surface area contributed by atoms with Gasteiger partial charge in [0.15, 0.2) is 0 Å². The van der Waals surface area contributed by atoms with Crippen LogP contribution in [0.15, 0.2) is 179 Å². The molecule has 13 rings (SSSR count). The van der Waals surface area contributed by atoms with E-state index in [2.05, 4.69) is 67.0 Å². The lowest BCUT2D eigenvalue weighted by Gasteiger charge is -2.11. The van der Waals surface area contributed by atoms with Gasteiger partial charge in [0.1, 0.15) is 53.7 Å². The van der Waals surface area contributed by atoms with Crippen molar-refractivity contribution in [3.05, 3.63) is 250 Å². The summed E-state index contributed by atoms with van der Waals surface area (Å²) in [6.45, 7) is 11.2. The molecule has 127 heavy (non-hydrogen) atoms. The van der Waals surface area contributed by atoms with Crippen molar-refractivity contribution < 1.29 is 95.5 Å². The monoisotopic (exact) mass is 1860 g/mol. The molecule has 0 fully saturated rings. The Labute approximate surface area is 752 Å². The summed E-state index contributed by atoms with van der Waals surface area (Å²) >= 11 is 9.17. The summed E-state index contributed by atoms with van der Waals surface area (Å²) in [5, 5.41) is 43.7. The molecule has 35 nitrogen and oxygen atoms in total. The smallest absolute Gasteiger partial charge is 0.414 e. The zero-order chi connectivity index (χ0) is 91.5. The van der Waals surface area contributed by atoms with E-state index in [0.717, 1.165) is 49.3 Å². The number of nitriles is 1. The standard InChI is InChI=1S/C21H22N2O6S2.C17H16N4O4S.C16H15N3O3S2.C16H17N3O3S.C15H11N3O4S/c1-2-27-8-9-28-10-11-29-21(26)23-18(24)15-7-12-30-20(15)22-19(25)17-13-14-5-3-4-6-16(14)31-17;1-3-25-17(24)20-14(22)11-6-7-26-16(11)19-15(23)12-9-21-8-10(2)4-5-13(21)18-12;1-2-22-16(21)19-14(20)10-7-8-23-15(10)17-9-13-18-11-5-3-4-6-12(11)24-13;1-10(20)8-12-9-11(4-6-17-12)14(21)18-15-13(5-7-23-15)16(22)19(2)3;1-22-15(21)18-13(20)11-6-7-23-14(11)17-12(19)10-4-2-9(8-16)3-5-10/h3-7,12-13H,2,8-11H2,1H3,(H,22,25)(H,23,24,26);4-9H,3H2,1-2H3,(H,19,23)(H,20,22,24);3-8,17H,2,9H2,1H3,(H,19,20,21);4-7,9H,8H2,1-3H3,(H,18,21);2-7H,1H3,(H,17,19)(H,18,20,21). The number of pyridine rings is 2. The fraction of sp³-hybridized carbons (Fsp3) is 0.200. The third-order valence-corrected chi connectivity index (χ3v) is 22.8. The van der Waals surface area contributed by atoms with Gasteiger partial charge in [-0.25, -0.2) is 29.1 Å². The van der Waals surface area contributed by atoms with Gasteiger partial charge in [-0.05, 0) is 170 Å². The molecule has 0 unspecified atom stereocenters. The molecule has 3 aromatic carbocycles. The van der Waals surface area contributed by atoms with E-state index < -0.39 is 59.8 Å². The number of aromatic nitrogens is 4. The lowest BCUT2D eigenvalue weighted by atomic mass is 10.1. The van der Waals surface area contributed by atoms with Gasteiger partial charge < -0.3 is 64.3 Å². The van der Waals surface area contributed by atoms with Crippen LogP contribution in [0.3, 0.4) is 0 Å². The molecular formula is C85H81N15O20S7. The molecular weight excluding hydrogens is 1780 g/mol. The molecule has 0 radical (unpaired) electrons. The van der Waals surface area contributed by atoms with Crippen LogP contribution in [0.25, 0.3) is 25.9 Å². The number of rotatable bonds is 27. The number of benzene rings is 3. The lowest BCUT2D eigenvalue weighted by Crippen LogP contribution is -2.32. The van der Waals surface area contributed by atoms with E-state index in [1.54, 1.807) is 107 Å². The number of fused-ring (bicyclic) bond motifs is 3. The van der Waals surface area contributed by atoms with Crippen LogP contribution in [0.2, 0.25) is 0 Å². The highest BCUT2D eigenvalue weighted by molar-refractivity contribution is 7.21. The van der Waals surface area contributed by atoms with Gasteiger partial charge in [-0.2, -0.15) is 5.26 Å². The van der Waals surface area contributed by atoms with Gasteiger partial charge in [0, 0.05) is 67.2 Å². The fourth-order valence-corrected chi connectivity index (χ4v) is 16.4. The Balaban J connectivity index is 0.000000180. The van der Waals surface area contributed by atoms with Crippen LogP contribution in [-0.4, -0.2) is 175 Å². The van der Waals surface area contributed by atoms with Crippen molar-refractivity contribution in [2.24, 2.45) is 0 Å². The van der Waals surface area contributed by atoms with Crippen LogP contribution in [0.4, 0.5) is 44.2 Å². The highest BCUT2D eigenvalue weighted by atomic mass is 32.1. The molecule has 0 saturated heterocycles. The Morgan fingerprint density at radius 3 is 1.54 bits per heavy atom. The number of hydrogen-bond acceptors (Lipinski definition) is 32. The van der Waals surface area contributed by atoms with Crippen molar-refractivity contribution in [1.29, 1.82) is 5.26 Å². The van der Waals surface area contributed by atoms with E-state index in [4.69, 9.17) is 24.2 Å². The van der Waals surface area contributed by atoms with Crippen LogP contribution in [0, 0.1) is 18.3 Å². The lowest BCUT2D eigenvalue weighted by molar-refractivity contribution is -0.116. The van der Waals surface area contributed by atoms with Gasteiger partial charge in [0.05, 0.1) is 101 Å². The third-order valence-electron chi connectivity index (χ3n) is 16.5. The van der Waals surface area contributed by atoms with E-state index in [-0.39, 0.29) is 78.7 Å². The maximum absolute atomic E-state index is 12.6. The van der Waals surface area contributed by atoms with Gasteiger partial charge in [-0.3, -0.25) is 74.2 Å². The number of nitrogens with one attached hydrogen (secondary N) is 9. The molecule has 10 aromatic heterocycles. The summed E-state index contributed by atoms with van der Waals surface area (Å²) in [6.07, 6.45) is 1.81. The van der Waals surface area contributed by atoms with E-state index in [0.29, 0.717) is 95.4 Å². The molecule has 0 aliphatic heterocycles. The normalized spacial score (nSPS) is 10.4. The number of alkyl carbamates (subject to hydrolysis) is 4. The molecule has 0 aliphatic rings. The largest absolute Gasteiger partial charge is 0.453 e. The average Bonchev–Trinajstić information content (AvgIpc) is 1.68. The van der Waals surface area contributed by atoms with Gasteiger partial charge >= 0.3 is 24.4 Å². The number of aryl methyl sites for hydroxylation is 1. The van der Waals surface area contributed by atoms with E-state index >= 15 is 0 Å². The minimum atomic E-state index is -0.884. The van der Waals surface area contributed by atoms with Crippen molar-refractivity contribution in [3.63, 3.8) is 0 Å². The number of thiazole rings is 1. The first-order valence-electron chi connectivity index (χ1n) is 38.0. The Bertz CT molecular complexity index is 6090. The summed E-state index contributed by atoms with van der Waals surface area (Å²) in [5.41, 5.74) is 5.97. The molecule has 658 valence electrons. The number of ether oxygens (including phenoxy) is 6. The van der Waals surface area contributed by atoms with Crippen LogP contribution in [0.5, 0.6) is 0 Å². The zero-order valence-electron chi connectivity index (χ0n) is 68.9. The number of carbonyl (C=O) groups excluding carboxylic acids is 14. The average molecular weight is 1860 g/mol. The minimum Gasteiger partial charge on any atom is -0.453 e. The second-order valence-electron chi connectivity index (χ2n) is 25.8. The number of imide groups is 4. The predicted molar refractivity (Wildman–Crippen MR) is 485 cm³/mol. The number of thiophene rings is 6. The van der Waals surface area contributed by atoms with Crippen LogP contribution in [0.1, 0.15) is 142 Å². The number of anilines is 5. The molecule has 13 aromatic rings. The van der Waals surface area contributed by atoms with E-state index in [9.17, 15) is 67.1 Å². The first-order chi connectivity index (χ1) is 61.1. The van der Waals surface area contributed by atoms with Gasteiger partial charge in [0.25, 0.3) is 53.2 Å². The predicted octanol–water partition coefficient (Wildman–Crippen LogP) is 15.4. The van der Waals surface area contributed by atoms with E-state index in [1.165, 1.54) is 117 Å². The highest BCUT2D eigenvalue weighted by Crippen LogP contribution is 2.32. The summed E-state index contributed by atoms with van der Waals surface area (Å²) < 4.78 is 32.9.